The maximum absolute atomic E-state index is 12.7. The van der Waals surface area contributed by atoms with Gasteiger partial charge in [0.2, 0.25) is 5.95 Å². The van der Waals surface area contributed by atoms with Gasteiger partial charge in [0.1, 0.15) is 12.4 Å². The number of rotatable bonds is 5. The zero-order valence-electron chi connectivity index (χ0n) is 14.8. The molecule has 0 aliphatic rings. The molecule has 3 N–H and O–H groups in total. The molecule has 0 fully saturated rings. The van der Waals surface area contributed by atoms with Gasteiger partial charge in [0.25, 0.3) is 5.56 Å². The first kappa shape index (κ1) is 17.0. The standard InChI is InChI=1S/C16H22N8O/c1-9(17)7-23(4)16-21-12-6-18-24(15(25)14(12)22-16)8-13-19-10(2)5-11(3)20-13/h5-6,9H,7-8,17H2,1-4H3,(H,21,22). The lowest BCUT2D eigenvalue weighted by atomic mass is 10.3. The molecule has 0 aliphatic carbocycles. The highest BCUT2D eigenvalue weighted by Crippen LogP contribution is 2.12. The third-order valence-electron chi connectivity index (χ3n) is 3.73. The van der Waals surface area contributed by atoms with Gasteiger partial charge in [-0.15, -0.1) is 0 Å². The Morgan fingerprint density at radius 3 is 2.60 bits per heavy atom. The van der Waals surface area contributed by atoms with E-state index in [2.05, 4.69) is 25.0 Å². The molecule has 0 bridgehead atoms. The van der Waals surface area contributed by atoms with E-state index in [1.54, 1.807) is 6.20 Å². The highest BCUT2D eigenvalue weighted by Gasteiger charge is 2.14. The van der Waals surface area contributed by atoms with Crippen molar-refractivity contribution in [3.8, 4) is 0 Å². The summed E-state index contributed by atoms with van der Waals surface area (Å²) in [6, 6.07) is 1.88. The van der Waals surface area contributed by atoms with Gasteiger partial charge < -0.3 is 15.6 Å². The minimum atomic E-state index is -0.281. The molecule has 3 aromatic rings. The van der Waals surface area contributed by atoms with Crippen LogP contribution in [0.25, 0.3) is 11.0 Å². The minimum Gasteiger partial charge on any atom is -0.344 e. The Morgan fingerprint density at radius 1 is 1.28 bits per heavy atom. The Bertz CT molecular complexity index is 938. The Kier molecular flexibility index (Phi) is 4.49. The van der Waals surface area contributed by atoms with E-state index in [0.29, 0.717) is 29.4 Å². The second kappa shape index (κ2) is 6.60. The first-order valence-corrected chi connectivity index (χ1v) is 8.07. The van der Waals surface area contributed by atoms with Gasteiger partial charge in [0, 0.05) is 31.0 Å². The van der Waals surface area contributed by atoms with Gasteiger partial charge in [-0.05, 0) is 26.8 Å². The van der Waals surface area contributed by atoms with Crippen molar-refractivity contribution in [2.24, 2.45) is 5.73 Å². The molecule has 0 spiro atoms. The normalized spacial score (nSPS) is 12.5. The SMILES string of the molecule is Cc1cc(C)nc(Cn2ncc3[nH]c(N(C)CC(C)N)nc3c2=O)n1. The molecular formula is C16H22N8O. The maximum Gasteiger partial charge on any atom is 0.295 e. The predicted octanol–water partition coefficient (Wildman–Crippen LogP) is 0.358. The third kappa shape index (κ3) is 3.66. The van der Waals surface area contributed by atoms with E-state index in [9.17, 15) is 4.79 Å². The first-order chi connectivity index (χ1) is 11.8. The molecule has 1 unspecified atom stereocenters. The fourth-order valence-electron chi connectivity index (χ4n) is 2.75. The number of fused-ring (bicyclic) bond motifs is 1. The zero-order chi connectivity index (χ0) is 18.1. The van der Waals surface area contributed by atoms with E-state index in [4.69, 9.17) is 5.73 Å². The van der Waals surface area contributed by atoms with E-state index < -0.39 is 0 Å². The monoisotopic (exact) mass is 342 g/mol. The number of hydrogen-bond donors (Lipinski definition) is 2. The number of nitrogens with one attached hydrogen (secondary N) is 1. The Labute approximate surface area is 144 Å². The smallest absolute Gasteiger partial charge is 0.295 e. The summed E-state index contributed by atoms with van der Waals surface area (Å²) in [4.78, 5) is 30.8. The highest BCUT2D eigenvalue weighted by atomic mass is 16.1. The Hall–Kier alpha value is -2.81. The number of imidazole rings is 1. The van der Waals surface area contributed by atoms with Gasteiger partial charge in [-0.3, -0.25) is 4.79 Å². The average molecular weight is 342 g/mol. The van der Waals surface area contributed by atoms with Crippen LogP contribution in [0.4, 0.5) is 5.95 Å². The number of aryl methyl sites for hydroxylation is 2. The molecule has 0 radical (unpaired) electrons. The predicted molar refractivity (Wildman–Crippen MR) is 95.7 cm³/mol. The van der Waals surface area contributed by atoms with Crippen LogP contribution < -0.4 is 16.2 Å². The van der Waals surface area contributed by atoms with Gasteiger partial charge in [-0.2, -0.15) is 5.10 Å². The quantitative estimate of drug-likeness (QED) is 0.687. The van der Waals surface area contributed by atoms with E-state index in [-0.39, 0.29) is 18.1 Å². The molecule has 3 rings (SSSR count). The molecule has 3 heterocycles. The third-order valence-corrected chi connectivity index (χ3v) is 3.73. The summed E-state index contributed by atoms with van der Waals surface area (Å²) in [6.45, 7) is 6.53. The maximum atomic E-state index is 12.7. The van der Waals surface area contributed by atoms with Crippen LogP contribution in [-0.4, -0.2) is 49.4 Å². The van der Waals surface area contributed by atoms with Crippen LogP contribution in [0.3, 0.4) is 0 Å². The van der Waals surface area contributed by atoms with Gasteiger partial charge in [-0.1, -0.05) is 0 Å². The summed E-state index contributed by atoms with van der Waals surface area (Å²) < 4.78 is 1.33. The summed E-state index contributed by atoms with van der Waals surface area (Å²) in [5.74, 6) is 1.14. The molecule has 0 amide bonds. The number of H-pyrrole nitrogens is 1. The van der Waals surface area contributed by atoms with E-state index >= 15 is 0 Å². The number of likely N-dealkylation sites (N-methyl/N-ethyl adjacent to an activating group) is 1. The van der Waals surface area contributed by atoms with Crippen molar-refractivity contribution in [1.29, 1.82) is 0 Å². The van der Waals surface area contributed by atoms with Crippen LogP contribution in [0.5, 0.6) is 0 Å². The number of hydrogen-bond acceptors (Lipinski definition) is 7. The fourth-order valence-corrected chi connectivity index (χ4v) is 2.75. The molecule has 0 aromatic carbocycles. The van der Waals surface area contributed by atoms with Gasteiger partial charge in [-0.25, -0.2) is 19.6 Å². The van der Waals surface area contributed by atoms with Crippen molar-refractivity contribution in [3.05, 3.63) is 39.8 Å². The average Bonchev–Trinajstić information content (AvgIpc) is 2.93. The molecule has 25 heavy (non-hydrogen) atoms. The second-order valence-corrected chi connectivity index (χ2v) is 6.35. The van der Waals surface area contributed by atoms with Crippen LogP contribution in [0.15, 0.2) is 17.1 Å². The summed E-state index contributed by atoms with van der Waals surface area (Å²) >= 11 is 0. The summed E-state index contributed by atoms with van der Waals surface area (Å²) in [5.41, 5.74) is 8.18. The van der Waals surface area contributed by atoms with Crippen molar-refractivity contribution in [2.45, 2.75) is 33.4 Å². The molecule has 3 aromatic heterocycles. The fraction of sp³-hybridized carbons (Fsp3) is 0.438. The Balaban J connectivity index is 1.95. The van der Waals surface area contributed by atoms with Crippen LogP contribution in [0.2, 0.25) is 0 Å². The molecule has 9 heteroatoms. The number of anilines is 1. The van der Waals surface area contributed by atoms with Crippen molar-refractivity contribution in [1.82, 2.24) is 29.7 Å². The van der Waals surface area contributed by atoms with Crippen LogP contribution in [0, 0.1) is 13.8 Å². The van der Waals surface area contributed by atoms with E-state index in [0.717, 1.165) is 11.4 Å². The lowest BCUT2D eigenvalue weighted by Crippen LogP contribution is -2.33. The lowest BCUT2D eigenvalue weighted by Gasteiger charge is -2.17. The molecule has 0 saturated heterocycles. The molecule has 0 aliphatic heterocycles. The second-order valence-electron chi connectivity index (χ2n) is 6.35. The van der Waals surface area contributed by atoms with E-state index in [1.165, 1.54) is 4.68 Å². The van der Waals surface area contributed by atoms with Gasteiger partial charge >= 0.3 is 0 Å². The van der Waals surface area contributed by atoms with Crippen molar-refractivity contribution < 1.29 is 0 Å². The summed E-state index contributed by atoms with van der Waals surface area (Å²) in [6.07, 6.45) is 1.59. The summed E-state index contributed by atoms with van der Waals surface area (Å²) in [7, 11) is 1.87. The minimum absolute atomic E-state index is 0.00490. The molecule has 1 atom stereocenters. The zero-order valence-corrected chi connectivity index (χ0v) is 14.8. The van der Waals surface area contributed by atoms with Crippen LogP contribution >= 0.6 is 0 Å². The van der Waals surface area contributed by atoms with Crippen molar-refractivity contribution in [2.75, 3.05) is 18.5 Å². The van der Waals surface area contributed by atoms with E-state index in [1.807, 2.05) is 38.8 Å². The molecule has 0 saturated carbocycles. The largest absolute Gasteiger partial charge is 0.344 e. The van der Waals surface area contributed by atoms with Crippen molar-refractivity contribution in [3.63, 3.8) is 0 Å². The number of aromatic amines is 1. The lowest BCUT2D eigenvalue weighted by molar-refractivity contribution is 0.616. The number of aromatic nitrogens is 6. The van der Waals surface area contributed by atoms with Crippen LogP contribution in [-0.2, 0) is 6.54 Å². The highest BCUT2D eigenvalue weighted by molar-refractivity contribution is 5.75. The molecule has 9 nitrogen and oxygen atoms in total. The number of nitrogens with two attached hydrogens (primary N) is 1. The molecule has 132 valence electrons. The topological polar surface area (TPSA) is 119 Å². The first-order valence-electron chi connectivity index (χ1n) is 8.07. The summed E-state index contributed by atoms with van der Waals surface area (Å²) in [5, 5.41) is 4.20. The number of nitrogens with zero attached hydrogens (tertiary/aromatic N) is 6. The van der Waals surface area contributed by atoms with Crippen molar-refractivity contribution >= 4 is 17.0 Å². The van der Waals surface area contributed by atoms with Gasteiger partial charge in [0.05, 0.1) is 11.7 Å². The molecular weight excluding hydrogens is 320 g/mol. The van der Waals surface area contributed by atoms with Crippen LogP contribution in [0.1, 0.15) is 24.1 Å². The Morgan fingerprint density at radius 2 is 1.96 bits per heavy atom. The van der Waals surface area contributed by atoms with Gasteiger partial charge in [0.15, 0.2) is 5.52 Å².